The molecule has 0 fully saturated rings. The smallest absolute Gasteiger partial charge is 0.148 e. The first-order valence-electron chi connectivity index (χ1n) is 7.09. The molecule has 0 unspecified atom stereocenters. The quantitative estimate of drug-likeness (QED) is 0.811. The second-order valence-electron chi connectivity index (χ2n) is 5.62. The first-order valence-corrected chi connectivity index (χ1v) is 7.09. The minimum atomic E-state index is 0.435. The largest absolute Gasteiger partial charge is 0.456 e. The molecule has 108 valence electrons. The highest BCUT2D eigenvalue weighted by atomic mass is 16.5. The van der Waals surface area contributed by atoms with E-state index in [9.17, 15) is 5.26 Å². The van der Waals surface area contributed by atoms with Crippen molar-refractivity contribution in [3.63, 3.8) is 0 Å². The van der Waals surface area contributed by atoms with Crippen LogP contribution in [0.15, 0.2) is 24.3 Å². The molecule has 1 heterocycles. The van der Waals surface area contributed by atoms with Gasteiger partial charge >= 0.3 is 0 Å². The van der Waals surface area contributed by atoms with Gasteiger partial charge in [0.25, 0.3) is 0 Å². The molecule has 21 heavy (non-hydrogen) atoms. The van der Waals surface area contributed by atoms with Gasteiger partial charge in [0.2, 0.25) is 0 Å². The van der Waals surface area contributed by atoms with Crippen LogP contribution >= 0.6 is 0 Å². The van der Waals surface area contributed by atoms with Gasteiger partial charge in [-0.15, -0.1) is 0 Å². The van der Waals surface area contributed by atoms with Gasteiger partial charge in [0.05, 0.1) is 5.69 Å². The van der Waals surface area contributed by atoms with Crippen molar-refractivity contribution in [1.29, 1.82) is 5.26 Å². The standard InChI is InChI=1S/C18H20N2O/c1-11(2)15-7-6-12(3)17(9-15)21-18-8-13(4)20-14(5)16(18)10-19/h6-9,11H,1-5H3. The maximum Gasteiger partial charge on any atom is 0.148 e. The van der Waals surface area contributed by atoms with E-state index in [2.05, 4.69) is 37.0 Å². The summed E-state index contributed by atoms with van der Waals surface area (Å²) in [7, 11) is 0. The summed E-state index contributed by atoms with van der Waals surface area (Å²) in [4.78, 5) is 4.31. The van der Waals surface area contributed by atoms with E-state index in [-0.39, 0.29) is 0 Å². The Hall–Kier alpha value is -2.34. The third-order valence-corrected chi connectivity index (χ3v) is 3.50. The molecule has 0 aliphatic heterocycles. The van der Waals surface area contributed by atoms with Gasteiger partial charge < -0.3 is 4.74 Å². The van der Waals surface area contributed by atoms with E-state index in [4.69, 9.17) is 4.74 Å². The molecule has 0 atom stereocenters. The highest BCUT2D eigenvalue weighted by Crippen LogP contribution is 2.31. The Morgan fingerprint density at radius 1 is 1.10 bits per heavy atom. The van der Waals surface area contributed by atoms with Crippen molar-refractivity contribution in [3.05, 3.63) is 52.3 Å². The number of benzene rings is 1. The number of hydrogen-bond acceptors (Lipinski definition) is 3. The summed E-state index contributed by atoms with van der Waals surface area (Å²) in [6, 6.07) is 10.2. The van der Waals surface area contributed by atoms with Crippen LogP contribution in [0.3, 0.4) is 0 Å². The topological polar surface area (TPSA) is 45.9 Å². The second-order valence-corrected chi connectivity index (χ2v) is 5.62. The van der Waals surface area contributed by atoms with Crippen LogP contribution in [-0.4, -0.2) is 4.98 Å². The van der Waals surface area contributed by atoms with E-state index in [1.165, 1.54) is 5.56 Å². The molecular weight excluding hydrogens is 260 g/mol. The van der Waals surface area contributed by atoms with Gasteiger partial charge in [-0.25, -0.2) is 0 Å². The number of aryl methyl sites for hydroxylation is 3. The second kappa shape index (κ2) is 5.97. The Labute approximate surface area is 126 Å². The van der Waals surface area contributed by atoms with Crippen molar-refractivity contribution >= 4 is 0 Å². The van der Waals surface area contributed by atoms with E-state index >= 15 is 0 Å². The lowest BCUT2D eigenvalue weighted by Gasteiger charge is -2.14. The highest BCUT2D eigenvalue weighted by molar-refractivity contribution is 5.50. The lowest BCUT2D eigenvalue weighted by atomic mass is 10.0. The van der Waals surface area contributed by atoms with Crippen LogP contribution in [0, 0.1) is 32.1 Å². The summed E-state index contributed by atoms with van der Waals surface area (Å²) in [6.07, 6.45) is 0. The van der Waals surface area contributed by atoms with E-state index in [1.54, 1.807) is 0 Å². The minimum absolute atomic E-state index is 0.435. The molecule has 1 aromatic heterocycles. The van der Waals surface area contributed by atoms with E-state index in [0.717, 1.165) is 17.0 Å². The molecule has 0 saturated heterocycles. The van der Waals surface area contributed by atoms with Crippen LogP contribution in [0.1, 0.15) is 47.8 Å². The van der Waals surface area contributed by atoms with Gasteiger partial charge in [0.15, 0.2) is 0 Å². The highest BCUT2D eigenvalue weighted by Gasteiger charge is 2.12. The molecule has 0 spiro atoms. The van der Waals surface area contributed by atoms with Crippen molar-refractivity contribution in [2.45, 2.75) is 40.5 Å². The molecule has 0 aliphatic rings. The lowest BCUT2D eigenvalue weighted by Crippen LogP contribution is -1.98. The third-order valence-electron chi connectivity index (χ3n) is 3.50. The maximum atomic E-state index is 9.31. The average molecular weight is 280 g/mol. The molecule has 0 saturated carbocycles. The van der Waals surface area contributed by atoms with Crippen molar-refractivity contribution in [2.75, 3.05) is 0 Å². The number of aromatic nitrogens is 1. The van der Waals surface area contributed by atoms with Crippen LogP contribution < -0.4 is 4.74 Å². The first-order chi connectivity index (χ1) is 9.92. The van der Waals surface area contributed by atoms with Crippen LogP contribution in [0.5, 0.6) is 11.5 Å². The molecule has 0 bridgehead atoms. The zero-order valence-electron chi connectivity index (χ0n) is 13.2. The predicted molar refractivity (Wildman–Crippen MR) is 83.8 cm³/mol. The monoisotopic (exact) mass is 280 g/mol. The fourth-order valence-corrected chi connectivity index (χ4v) is 2.21. The SMILES string of the molecule is Cc1cc(Oc2cc(C(C)C)ccc2C)c(C#N)c(C)n1. The zero-order valence-corrected chi connectivity index (χ0v) is 13.2. The van der Waals surface area contributed by atoms with Crippen molar-refractivity contribution in [2.24, 2.45) is 0 Å². The van der Waals surface area contributed by atoms with E-state index < -0.39 is 0 Å². The maximum absolute atomic E-state index is 9.31. The molecule has 3 nitrogen and oxygen atoms in total. The van der Waals surface area contributed by atoms with Crippen LogP contribution in [0.2, 0.25) is 0 Å². The molecule has 2 rings (SSSR count). The lowest BCUT2D eigenvalue weighted by molar-refractivity contribution is 0.474. The minimum Gasteiger partial charge on any atom is -0.456 e. The molecule has 3 heteroatoms. The molecule has 0 aliphatic carbocycles. The normalized spacial score (nSPS) is 10.5. The predicted octanol–water partition coefficient (Wildman–Crippen LogP) is 4.79. The van der Waals surface area contributed by atoms with Crippen LogP contribution in [0.4, 0.5) is 0 Å². The van der Waals surface area contributed by atoms with Crippen molar-refractivity contribution in [1.82, 2.24) is 4.98 Å². The Balaban J connectivity index is 2.48. The third kappa shape index (κ3) is 3.22. The fourth-order valence-electron chi connectivity index (χ4n) is 2.21. The van der Waals surface area contributed by atoms with Crippen LogP contribution in [-0.2, 0) is 0 Å². The van der Waals surface area contributed by atoms with Crippen molar-refractivity contribution < 1.29 is 4.74 Å². The molecule has 0 N–H and O–H groups in total. The average Bonchev–Trinajstić information content (AvgIpc) is 2.40. The number of ether oxygens (including phenoxy) is 1. The van der Waals surface area contributed by atoms with Crippen molar-refractivity contribution in [3.8, 4) is 17.6 Å². The van der Waals surface area contributed by atoms with Crippen LogP contribution in [0.25, 0.3) is 0 Å². The number of pyridine rings is 1. The van der Waals surface area contributed by atoms with Gasteiger partial charge in [-0.1, -0.05) is 26.0 Å². The summed E-state index contributed by atoms with van der Waals surface area (Å²) in [5.74, 6) is 1.80. The Bertz CT molecular complexity index is 712. The Morgan fingerprint density at radius 2 is 1.81 bits per heavy atom. The van der Waals surface area contributed by atoms with Gasteiger partial charge in [0, 0.05) is 11.8 Å². The number of hydrogen-bond donors (Lipinski definition) is 0. The molecule has 1 aromatic carbocycles. The fraction of sp³-hybridized carbons (Fsp3) is 0.333. The Morgan fingerprint density at radius 3 is 2.43 bits per heavy atom. The first kappa shape index (κ1) is 15.1. The molecule has 0 amide bonds. The zero-order chi connectivity index (χ0) is 15.6. The number of nitrogens with zero attached hydrogens (tertiary/aromatic N) is 2. The summed E-state index contributed by atoms with van der Waals surface area (Å²) in [6.45, 7) is 10.0. The summed E-state index contributed by atoms with van der Waals surface area (Å²) in [5.41, 5.74) is 4.31. The van der Waals surface area contributed by atoms with Gasteiger partial charge in [-0.05, 0) is 43.9 Å². The van der Waals surface area contributed by atoms with Gasteiger partial charge in [-0.3, -0.25) is 4.98 Å². The molecular formula is C18H20N2O. The summed E-state index contributed by atoms with van der Waals surface area (Å²) in [5, 5.41) is 9.31. The number of rotatable bonds is 3. The number of nitriles is 1. The van der Waals surface area contributed by atoms with Gasteiger partial charge in [-0.2, -0.15) is 5.26 Å². The van der Waals surface area contributed by atoms with E-state index in [1.807, 2.05) is 32.9 Å². The van der Waals surface area contributed by atoms with E-state index in [0.29, 0.717) is 22.9 Å². The summed E-state index contributed by atoms with van der Waals surface area (Å²) < 4.78 is 6.02. The van der Waals surface area contributed by atoms with Gasteiger partial charge in [0.1, 0.15) is 23.1 Å². The summed E-state index contributed by atoms with van der Waals surface area (Å²) >= 11 is 0. The Kier molecular flexibility index (Phi) is 4.28. The molecule has 0 radical (unpaired) electrons. The molecule has 2 aromatic rings.